The Labute approximate surface area is 115 Å². The van der Waals surface area contributed by atoms with E-state index in [1.54, 1.807) is 0 Å². The van der Waals surface area contributed by atoms with Crippen LogP contribution in [0.3, 0.4) is 0 Å². The molecule has 0 fully saturated rings. The minimum atomic E-state index is 0.104. The smallest absolute Gasteiger partial charge is 0.218 e. The molecule has 0 amide bonds. The fourth-order valence-corrected chi connectivity index (χ4v) is 1.56. The summed E-state index contributed by atoms with van der Waals surface area (Å²) in [6.07, 6.45) is 1.62. The second kappa shape index (κ2) is 7.94. The standard InChI is InChI=1S/C14H25N3O2/c1-6-18-8-12(10(2)3)17-13-7-14(16-9-15-13)19-11(4)5/h7,9-12H,6,8H2,1-5H3,(H,15,16,17). The van der Waals surface area contributed by atoms with Crippen molar-refractivity contribution in [2.24, 2.45) is 5.92 Å². The van der Waals surface area contributed by atoms with Crippen LogP contribution < -0.4 is 10.1 Å². The monoisotopic (exact) mass is 267 g/mol. The first-order chi connectivity index (χ1) is 9.02. The minimum absolute atomic E-state index is 0.104. The van der Waals surface area contributed by atoms with Gasteiger partial charge in [-0.2, -0.15) is 0 Å². The van der Waals surface area contributed by atoms with Gasteiger partial charge in [-0.3, -0.25) is 0 Å². The Bertz CT molecular complexity index is 369. The molecule has 0 aliphatic heterocycles. The molecule has 0 aromatic carbocycles. The molecule has 1 N–H and O–H groups in total. The number of hydrogen-bond acceptors (Lipinski definition) is 5. The van der Waals surface area contributed by atoms with Gasteiger partial charge in [0.05, 0.1) is 18.8 Å². The van der Waals surface area contributed by atoms with E-state index in [0.717, 1.165) is 12.4 Å². The molecule has 0 bridgehead atoms. The molecule has 0 saturated heterocycles. The van der Waals surface area contributed by atoms with Gasteiger partial charge in [-0.05, 0) is 26.7 Å². The van der Waals surface area contributed by atoms with Gasteiger partial charge in [0.15, 0.2) is 0 Å². The van der Waals surface area contributed by atoms with Gasteiger partial charge in [0, 0.05) is 12.7 Å². The molecule has 108 valence electrons. The summed E-state index contributed by atoms with van der Waals surface area (Å²) in [5.74, 6) is 1.81. The van der Waals surface area contributed by atoms with Gasteiger partial charge in [0.2, 0.25) is 5.88 Å². The predicted molar refractivity (Wildman–Crippen MR) is 76.5 cm³/mol. The van der Waals surface area contributed by atoms with Crippen LogP contribution >= 0.6 is 0 Å². The van der Waals surface area contributed by atoms with Gasteiger partial charge >= 0.3 is 0 Å². The van der Waals surface area contributed by atoms with Crippen molar-refractivity contribution in [2.45, 2.75) is 46.8 Å². The molecule has 1 atom stereocenters. The molecule has 1 heterocycles. The molecular formula is C14H25N3O2. The quantitative estimate of drug-likeness (QED) is 0.785. The zero-order valence-electron chi connectivity index (χ0n) is 12.5. The minimum Gasteiger partial charge on any atom is -0.475 e. The Morgan fingerprint density at radius 2 is 1.95 bits per heavy atom. The van der Waals surface area contributed by atoms with Crippen molar-refractivity contribution in [3.05, 3.63) is 12.4 Å². The molecule has 0 saturated carbocycles. The maximum atomic E-state index is 5.56. The number of aromatic nitrogens is 2. The van der Waals surface area contributed by atoms with Gasteiger partial charge in [-0.15, -0.1) is 0 Å². The molecule has 0 spiro atoms. The Hall–Kier alpha value is -1.36. The third kappa shape index (κ3) is 5.87. The molecule has 0 aliphatic rings. The van der Waals surface area contributed by atoms with E-state index in [9.17, 15) is 0 Å². The lowest BCUT2D eigenvalue weighted by Crippen LogP contribution is -2.31. The maximum Gasteiger partial charge on any atom is 0.218 e. The molecule has 1 aromatic heterocycles. The highest BCUT2D eigenvalue weighted by molar-refractivity contribution is 5.38. The lowest BCUT2D eigenvalue weighted by atomic mass is 10.1. The maximum absolute atomic E-state index is 5.56. The number of anilines is 1. The van der Waals surface area contributed by atoms with Gasteiger partial charge in [-0.25, -0.2) is 9.97 Å². The molecule has 0 aliphatic carbocycles. The van der Waals surface area contributed by atoms with Crippen LogP contribution in [0, 0.1) is 5.92 Å². The summed E-state index contributed by atoms with van der Waals surface area (Å²) in [5, 5.41) is 3.37. The summed E-state index contributed by atoms with van der Waals surface area (Å²) in [6.45, 7) is 11.6. The summed E-state index contributed by atoms with van der Waals surface area (Å²) in [5.41, 5.74) is 0. The Kier molecular flexibility index (Phi) is 6.56. The summed E-state index contributed by atoms with van der Waals surface area (Å²) >= 11 is 0. The van der Waals surface area contributed by atoms with E-state index in [-0.39, 0.29) is 12.1 Å². The highest BCUT2D eigenvalue weighted by Crippen LogP contribution is 2.15. The van der Waals surface area contributed by atoms with Crippen molar-refractivity contribution >= 4 is 5.82 Å². The Morgan fingerprint density at radius 1 is 1.21 bits per heavy atom. The zero-order valence-corrected chi connectivity index (χ0v) is 12.5. The molecule has 5 heteroatoms. The number of hydrogen-bond donors (Lipinski definition) is 1. The van der Waals surface area contributed by atoms with E-state index in [1.807, 2.05) is 26.8 Å². The van der Waals surface area contributed by atoms with Crippen molar-refractivity contribution in [3.8, 4) is 5.88 Å². The SMILES string of the molecule is CCOCC(Nc1cc(OC(C)C)ncn1)C(C)C. The Morgan fingerprint density at radius 3 is 2.53 bits per heavy atom. The van der Waals surface area contributed by atoms with Crippen molar-refractivity contribution in [2.75, 3.05) is 18.5 Å². The zero-order chi connectivity index (χ0) is 14.3. The van der Waals surface area contributed by atoms with Gasteiger partial charge in [-0.1, -0.05) is 13.8 Å². The van der Waals surface area contributed by atoms with Gasteiger partial charge in [0.25, 0.3) is 0 Å². The molecule has 1 aromatic rings. The van der Waals surface area contributed by atoms with Crippen molar-refractivity contribution < 1.29 is 9.47 Å². The van der Waals surface area contributed by atoms with Crippen LogP contribution in [0.15, 0.2) is 12.4 Å². The van der Waals surface area contributed by atoms with Crippen LogP contribution in [0.1, 0.15) is 34.6 Å². The fourth-order valence-electron chi connectivity index (χ4n) is 1.56. The average molecular weight is 267 g/mol. The third-order valence-electron chi connectivity index (χ3n) is 2.64. The molecule has 1 rings (SSSR count). The Balaban J connectivity index is 2.67. The molecule has 5 nitrogen and oxygen atoms in total. The summed E-state index contributed by atoms with van der Waals surface area (Å²) in [4.78, 5) is 8.31. The van der Waals surface area contributed by atoms with Crippen LogP contribution in [-0.4, -0.2) is 35.3 Å². The van der Waals surface area contributed by atoms with Gasteiger partial charge in [0.1, 0.15) is 12.1 Å². The van der Waals surface area contributed by atoms with Crippen LogP contribution in [0.25, 0.3) is 0 Å². The van der Waals surface area contributed by atoms with E-state index in [4.69, 9.17) is 9.47 Å². The highest BCUT2D eigenvalue weighted by atomic mass is 16.5. The third-order valence-corrected chi connectivity index (χ3v) is 2.64. The largest absolute Gasteiger partial charge is 0.475 e. The van der Waals surface area contributed by atoms with Crippen molar-refractivity contribution in [3.63, 3.8) is 0 Å². The lowest BCUT2D eigenvalue weighted by molar-refractivity contribution is 0.126. The number of nitrogens with one attached hydrogen (secondary N) is 1. The number of nitrogens with zero attached hydrogens (tertiary/aromatic N) is 2. The molecular weight excluding hydrogens is 242 g/mol. The highest BCUT2D eigenvalue weighted by Gasteiger charge is 2.14. The fraction of sp³-hybridized carbons (Fsp3) is 0.714. The van der Waals surface area contributed by atoms with E-state index in [0.29, 0.717) is 18.4 Å². The molecule has 1 unspecified atom stereocenters. The topological polar surface area (TPSA) is 56.3 Å². The first kappa shape index (κ1) is 15.7. The summed E-state index contributed by atoms with van der Waals surface area (Å²) in [7, 11) is 0. The summed E-state index contributed by atoms with van der Waals surface area (Å²) in [6, 6.07) is 2.04. The van der Waals surface area contributed by atoms with Crippen LogP contribution in [0.2, 0.25) is 0 Å². The number of rotatable bonds is 8. The van der Waals surface area contributed by atoms with Crippen LogP contribution in [0.5, 0.6) is 5.88 Å². The second-order valence-electron chi connectivity index (χ2n) is 5.06. The second-order valence-corrected chi connectivity index (χ2v) is 5.06. The van der Waals surface area contributed by atoms with Crippen LogP contribution in [-0.2, 0) is 4.74 Å². The predicted octanol–water partition coefficient (Wildman–Crippen LogP) is 2.74. The van der Waals surface area contributed by atoms with Crippen molar-refractivity contribution in [1.82, 2.24) is 9.97 Å². The number of ether oxygens (including phenoxy) is 2. The van der Waals surface area contributed by atoms with E-state index < -0.39 is 0 Å². The van der Waals surface area contributed by atoms with Crippen molar-refractivity contribution in [1.29, 1.82) is 0 Å². The van der Waals surface area contributed by atoms with E-state index in [2.05, 4.69) is 29.1 Å². The van der Waals surface area contributed by atoms with Gasteiger partial charge < -0.3 is 14.8 Å². The average Bonchev–Trinajstić information content (AvgIpc) is 2.33. The first-order valence-corrected chi connectivity index (χ1v) is 6.85. The normalized spacial score (nSPS) is 12.8. The molecule has 19 heavy (non-hydrogen) atoms. The summed E-state index contributed by atoms with van der Waals surface area (Å²) < 4.78 is 11.0. The first-order valence-electron chi connectivity index (χ1n) is 6.85. The van der Waals surface area contributed by atoms with E-state index >= 15 is 0 Å². The van der Waals surface area contributed by atoms with Crippen LogP contribution in [0.4, 0.5) is 5.82 Å². The molecule has 0 radical (unpaired) electrons. The van der Waals surface area contributed by atoms with E-state index in [1.165, 1.54) is 6.33 Å². The lowest BCUT2D eigenvalue weighted by Gasteiger charge is -2.22.